The van der Waals surface area contributed by atoms with E-state index in [2.05, 4.69) is 30.5 Å². The molecule has 6 rings (SSSR count). The number of fused-ring (bicyclic) bond motifs is 3. The molecule has 4 aliphatic rings. The number of rotatable bonds is 3. The maximum absolute atomic E-state index is 14.1. The van der Waals surface area contributed by atoms with Crippen LogP contribution < -0.4 is 15.5 Å². The van der Waals surface area contributed by atoms with E-state index in [4.69, 9.17) is 0 Å². The van der Waals surface area contributed by atoms with E-state index in [1.54, 1.807) is 0 Å². The minimum atomic E-state index is -0.451. The Kier molecular flexibility index (Phi) is 3.02. The first kappa shape index (κ1) is 13.9. The van der Waals surface area contributed by atoms with Gasteiger partial charge in [-0.2, -0.15) is 4.98 Å². The average molecular weight is 324 g/mol. The van der Waals surface area contributed by atoms with Crippen molar-refractivity contribution < 1.29 is 4.39 Å². The van der Waals surface area contributed by atoms with E-state index in [0.29, 0.717) is 24.6 Å². The topological polar surface area (TPSA) is 65.4 Å². The Labute approximate surface area is 138 Å². The first-order valence-corrected chi connectivity index (χ1v) is 8.18. The molecule has 2 N–H and O–H groups in total. The molecule has 2 atom stereocenters. The maximum atomic E-state index is 14.1. The number of benzene rings is 1. The zero-order chi connectivity index (χ0) is 16.1. The van der Waals surface area contributed by atoms with Crippen molar-refractivity contribution in [3.05, 3.63) is 41.3 Å². The van der Waals surface area contributed by atoms with Gasteiger partial charge in [0, 0.05) is 37.1 Å². The number of aromatic nitrogens is 2. The van der Waals surface area contributed by atoms with Gasteiger partial charge in [-0.1, -0.05) is 6.07 Å². The molecule has 6 nitrogen and oxygen atoms in total. The molecule has 122 valence electrons. The van der Waals surface area contributed by atoms with Crippen molar-refractivity contribution in [2.45, 2.75) is 25.0 Å². The van der Waals surface area contributed by atoms with Crippen molar-refractivity contribution in [2.75, 3.05) is 23.3 Å². The highest BCUT2D eigenvalue weighted by atomic mass is 19.1. The molecule has 2 bridgehead atoms. The second-order valence-electron chi connectivity index (χ2n) is 6.58. The molecule has 3 saturated heterocycles. The highest BCUT2D eigenvalue weighted by Gasteiger charge is 2.37. The van der Waals surface area contributed by atoms with Gasteiger partial charge in [0.2, 0.25) is 5.95 Å². The van der Waals surface area contributed by atoms with E-state index >= 15 is 0 Å². The minimum absolute atomic E-state index is 0.210. The fourth-order valence-electron chi connectivity index (χ4n) is 3.59. The summed E-state index contributed by atoms with van der Waals surface area (Å²) in [5.74, 6) is 0.341. The van der Waals surface area contributed by atoms with Crippen LogP contribution in [-0.2, 0) is 6.54 Å². The summed E-state index contributed by atoms with van der Waals surface area (Å²) >= 11 is 0. The molecular formula is C17H17FN6. The summed E-state index contributed by atoms with van der Waals surface area (Å²) in [7, 11) is 0. The summed E-state index contributed by atoms with van der Waals surface area (Å²) in [5, 5.41) is 6.54. The lowest BCUT2D eigenvalue weighted by Crippen LogP contribution is -2.67. The van der Waals surface area contributed by atoms with Crippen molar-refractivity contribution in [3.8, 4) is 0 Å². The lowest BCUT2D eigenvalue weighted by atomic mass is 9.92. The van der Waals surface area contributed by atoms with Gasteiger partial charge < -0.3 is 15.5 Å². The Bertz CT molecular complexity index is 820. The van der Waals surface area contributed by atoms with Gasteiger partial charge in [-0.05, 0) is 29.7 Å². The van der Waals surface area contributed by atoms with Crippen LogP contribution in [0, 0.1) is 5.82 Å². The summed E-state index contributed by atoms with van der Waals surface area (Å²) in [6, 6.07) is 6.91. The van der Waals surface area contributed by atoms with E-state index in [1.165, 1.54) is 18.2 Å². The molecule has 0 aliphatic carbocycles. The number of piperidine rings is 1. The third-order valence-corrected chi connectivity index (χ3v) is 4.84. The van der Waals surface area contributed by atoms with Gasteiger partial charge in [-0.3, -0.25) is 4.99 Å². The van der Waals surface area contributed by atoms with Crippen LogP contribution in [0.15, 0.2) is 29.4 Å². The van der Waals surface area contributed by atoms with E-state index in [9.17, 15) is 4.39 Å². The molecule has 0 radical (unpaired) electrons. The Morgan fingerprint density at radius 3 is 2.92 bits per heavy atom. The standard InChI is InChI=1S/C17H17FN6/c18-15-7-20-17(24-8-13-4-14(9-24)21-13)23-16(15)22-12-2-1-10-5-19-6-11(10)3-12/h1-3,6-7,13-14,21H,4-5,8-9H2,(H,20,22,23). The molecule has 0 spiro atoms. The van der Waals surface area contributed by atoms with Gasteiger partial charge in [0.1, 0.15) is 0 Å². The molecule has 5 heterocycles. The van der Waals surface area contributed by atoms with Gasteiger partial charge in [0.15, 0.2) is 11.6 Å². The van der Waals surface area contributed by atoms with Gasteiger partial charge in [-0.25, -0.2) is 9.37 Å². The Morgan fingerprint density at radius 2 is 2.08 bits per heavy atom. The molecule has 7 heteroatoms. The number of nitrogens with zero attached hydrogens (tertiary/aromatic N) is 4. The predicted molar refractivity (Wildman–Crippen MR) is 90.6 cm³/mol. The summed E-state index contributed by atoms with van der Waals surface area (Å²) in [4.78, 5) is 14.9. The van der Waals surface area contributed by atoms with Crippen LogP contribution in [0.4, 0.5) is 21.8 Å². The van der Waals surface area contributed by atoms with Crippen LogP contribution in [-0.4, -0.2) is 41.4 Å². The van der Waals surface area contributed by atoms with Crippen molar-refractivity contribution in [1.82, 2.24) is 15.3 Å². The largest absolute Gasteiger partial charge is 0.338 e. The predicted octanol–water partition coefficient (Wildman–Crippen LogP) is 1.84. The van der Waals surface area contributed by atoms with E-state index in [1.807, 2.05) is 24.4 Å². The van der Waals surface area contributed by atoms with Crippen LogP contribution in [0.3, 0.4) is 0 Å². The van der Waals surface area contributed by atoms with Gasteiger partial charge in [-0.15, -0.1) is 0 Å². The summed E-state index contributed by atoms with van der Waals surface area (Å²) < 4.78 is 14.1. The Hall–Kier alpha value is -2.54. The molecule has 4 aliphatic heterocycles. The fourth-order valence-corrected chi connectivity index (χ4v) is 3.59. The molecule has 2 aromatic rings. The van der Waals surface area contributed by atoms with Gasteiger partial charge >= 0.3 is 0 Å². The van der Waals surface area contributed by atoms with E-state index in [0.717, 1.165) is 24.3 Å². The van der Waals surface area contributed by atoms with Crippen LogP contribution in [0.5, 0.6) is 0 Å². The molecule has 2 unspecified atom stereocenters. The van der Waals surface area contributed by atoms with Crippen LogP contribution >= 0.6 is 0 Å². The SMILES string of the molecule is Fc1cnc(N2CC3CC(C2)N3)nc1Nc1ccc2c(c1)C=NC2. The molecule has 1 aromatic carbocycles. The van der Waals surface area contributed by atoms with Crippen LogP contribution in [0.25, 0.3) is 0 Å². The Balaban J connectivity index is 1.41. The van der Waals surface area contributed by atoms with Crippen molar-refractivity contribution in [1.29, 1.82) is 0 Å². The highest BCUT2D eigenvalue weighted by Crippen LogP contribution is 2.27. The van der Waals surface area contributed by atoms with E-state index in [-0.39, 0.29) is 5.82 Å². The zero-order valence-electron chi connectivity index (χ0n) is 13.0. The second-order valence-corrected chi connectivity index (χ2v) is 6.58. The average Bonchev–Trinajstić information content (AvgIpc) is 3.04. The first-order valence-electron chi connectivity index (χ1n) is 8.18. The minimum Gasteiger partial charge on any atom is -0.338 e. The van der Waals surface area contributed by atoms with Crippen molar-refractivity contribution >= 4 is 23.7 Å². The Morgan fingerprint density at radius 1 is 1.25 bits per heavy atom. The number of hydrogen-bond donors (Lipinski definition) is 2. The van der Waals surface area contributed by atoms with Gasteiger partial charge in [0.05, 0.1) is 12.7 Å². The normalized spacial score (nSPS) is 23.8. The quantitative estimate of drug-likeness (QED) is 0.902. The van der Waals surface area contributed by atoms with E-state index < -0.39 is 5.82 Å². The van der Waals surface area contributed by atoms with Crippen molar-refractivity contribution in [3.63, 3.8) is 0 Å². The molecule has 24 heavy (non-hydrogen) atoms. The van der Waals surface area contributed by atoms with Crippen LogP contribution in [0.2, 0.25) is 0 Å². The van der Waals surface area contributed by atoms with Crippen molar-refractivity contribution in [2.24, 2.45) is 4.99 Å². The number of nitrogens with one attached hydrogen (secondary N) is 2. The van der Waals surface area contributed by atoms with Crippen LogP contribution in [0.1, 0.15) is 17.5 Å². The highest BCUT2D eigenvalue weighted by molar-refractivity contribution is 5.86. The number of aliphatic imine (C=N–C) groups is 1. The molecule has 3 fully saturated rings. The lowest BCUT2D eigenvalue weighted by molar-refractivity contribution is 0.224. The first-order chi connectivity index (χ1) is 11.7. The zero-order valence-corrected chi connectivity index (χ0v) is 13.0. The fraction of sp³-hybridized carbons (Fsp3) is 0.353. The summed E-state index contributed by atoms with van der Waals surface area (Å²) in [6.07, 6.45) is 4.29. The molecule has 1 aromatic heterocycles. The number of anilines is 3. The smallest absolute Gasteiger partial charge is 0.227 e. The second kappa shape index (κ2) is 5.24. The monoisotopic (exact) mass is 324 g/mol. The number of hydrogen-bond acceptors (Lipinski definition) is 6. The molecule has 0 saturated carbocycles. The third-order valence-electron chi connectivity index (χ3n) is 4.84. The molecular weight excluding hydrogens is 307 g/mol. The lowest BCUT2D eigenvalue weighted by Gasteiger charge is -2.48. The number of halogens is 1. The summed E-state index contributed by atoms with van der Waals surface area (Å²) in [5.41, 5.74) is 3.05. The maximum Gasteiger partial charge on any atom is 0.227 e. The molecule has 0 amide bonds. The summed E-state index contributed by atoms with van der Waals surface area (Å²) in [6.45, 7) is 2.46. The third kappa shape index (κ3) is 2.32. The number of piperazine rings is 1. The van der Waals surface area contributed by atoms with Gasteiger partial charge in [0.25, 0.3) is 0 Å².